The summed E-state index contributed by atoms with van der Waals surface area (Å²) >= 11 is 6.08. The molecule has 1 aliphatic heterocycles. The number of nitrogens with zero attached hydrogens (tertiary/aromatic N) is 1. The van der Waals surface area contributed by atoms with E-state index in [9.17, 15) is 13.2 Å². The molecule has 1 saturated heterocycles. The second-order valence-electron chi connectivity index (χ2n) is 6.35. The first kappa shape index (κ1) is 19.7. The molecule has 0 aromatic heterocycles. The molecule has 2 aromatic carbocycles. The molecule has 8 heteroatoms. The summed E-state index contributed by atoms with van der Waals surface area (Å²) in [6, 6.07) is 13.2. The molecule has 1 aliphatic rings. The van der Waals surface area contributed by atoms with Crippen LogP contribution in [0.3, 0.4) is 0 Å². The molecule has 0 saturated carbocycles. The lowest BCUT2D eigenvalue weighted by Gasteiger charge is -2.31. The van der Waals surface area contributed by atoms with Crippen LogP contribution in [0.4, 0.5) is 5.69 Å². The first-order chi connectivity index (χ1) is 12.9. The highest BCUT2D eigenvalue weighted by Crippen LogP contribution is 2.27. The number of hydrogen-bond donors (Lipinski definition) is 1. The van der Waals surface area contributed by atoms with Crippen LogP contribution in [0.5, 0.6) is 5.75 Å². The smallest absolute Gasteiger partial charge is 0.243 e. The number of rotatable bonds is 5. The fourth-order valence-corrected chi connectivity index (χ4v) is 4.78. The zero-order valence-electron chi connectivity index (χ0n) is 14.9. The fraction of sp³-hybridized carbons (Fsp3) is 0.316. The van der Waals surface area contributed by atoms with Crippen molar-refractivity contribution in [3.8, 4) is 5.75 Å². The maximum Gasteiger partial charge on any atom is 0.243 e. The van der Waals surface area contributed by atoms with E-state index in [0.717, 1.165) is 0 Å². The van der Waals surface area contributed by atoms with Crippen molar-refractivity contribution in [2.75, 3.05) is 25.5 Å². The van der Waals surface area contributed by atoms with Crippen LogP contribution in [-0.2, 0) is 14.8 Å². The highest BCUT2D eigenvalue weighted by atomic mass is 35.5. The molecule has 1 fully saturated rings. The molecule has 0 spiro atoms. The maximum absolute atomic E-state index is 12.9. The van der Waals surface area contributed by atoms with E-state index in [4.69, 9.17) is 16.3 Å². The van der Waals surface area contributed by atoms with Gasteiger partial charge in [-0.1, -0.05) is 23.7 Å². The van der Waals surface area contributed by atoms with Crippen molar-refractivity contribution in [2.45, 2.75) is 17.7 Å². The van der Waals surface area contributed by atoms with Gasteiger partial charge in [-0.3, -0.25) is 4.79 Å². The van der Waals surface area contributed by atoms with Gasteiger partial charge in [0.05, 0.1) is 28.6 Å². The Bertz CT molecular complexity index is 916. The number of para-hydroxylation sites is 1. The molecule has 2 aromatic rings. The molecule has 0 unspecified atom stereocenters. The van der Waals surface area contributed by atoms with Gasteiger partial charge in [-0.25, -0.2) is 8.42 Å². The highest BCUT2D eigenvalue weighted by molar-refractivity contribution is 7.89. The minimum atomic E-state index is -3.66. The van der Waals surface area contributed by atoms with E-state index in [0.29, 0.717) is 35.8 Å². The summed E-state index contributed by atoms with van der Waals surface area (Å²) in [6.07, 6.45) is 1.25. The van der Waals surface area contributed by atoms with E-state index in [1.807, 2.05) is 0 Å². The SMILES string of the molecule is COc1ccc(S(=O)(=O)N2CCC[C@@H](C(=O)Nc3ccccc3Cl)C2)cc1. The number of methoxy groups -OCH3 is 1. The first-order valence-electron chi connectivity index (χ1n) is 8.61. The van der Waals surface area contributed by atoms with E-state index in [-0.39, 0.29) is 17.3 Å². The van der Waals surface area contributed by atoms with Gasteiger partial charge in [-0.15, -0.1) is 0 Å². The minimum absolute atomic E-state index is 0.144. The third-order valence-corrected chi connectivity index (χ3v) is 6.79. The molecule has 1 N–H and O–H groups in total. The summed E-state index contributed by atoms with van der Waals surface area (Å²) < 4.78 is 32.2. The average Bonchev–Trinajstić information content (AvgIpc) is 2.70. The molecule has 6 nitrogen and oxygen atoms in total. The Kier molecular flexibility index (Phi) is 6.04. The van der Waals surface area contributed by atoms with Crippen molar-refractivity contribution < 1.29 is 17.9 Å². The Balaban J connectivity index is 1.72. The number of benzene rings is 2. The van der Waals surface area contributed by atoms with Gasteiger partial charge in [-0.05, 0) is 49.2 Å². The summed E-state index contributed by atoms with van der Waals surface area (Å²) in [6.45, 7) is 0.537. The van der Waals surface area contributed by atoms with Gasteiger partial charge < -0.3 is 10.1 Å². The number of carbonyl (C=O) groups is 1. The quantitative estimate of drug-likeness (QED) is 0.822. The van der Waals surface area contributed by atoms with Crippen LogP contribution < -0.4 is 10.1 Å². The fourth-order valence-electron chi connectivity index (χ4n) is 3.07. The molecule has 1 atom stereocenters. The lowest BCUT2D eigenvalue weighted by molar-refractivity contribution is -0.120. The summed E-state index contributed by atoms with van der Waals surface area (Å²) in [5.41, 5.74) is 0.527. The zero-order chi connectivity index (χ0) is 19.4. The molecular formula is C19H21ClN2O4S. The van der Waals surface area contributed by atoms with Crippen molar-refractivity contribution >= 4 is 33.2 Å². The number of anilines is 1. The Morgan fingerprint density at radius 2 is 1.89 bits per heavy atom. The van der Waals surface area contributed by atoms with Gasteiger partial charge in [0.25, 0.3) is 0 Å². The third kappa shape index (κ3) is 4.43. The number of carbonyl (C=O) groups excluding carboxylic acids is 1. The van der Waals surface area contributed by atoms with Crippen molar-refractivity contribution in [1.82, 2.24) is 4.31 Å². The van der Waals surface area contributed by atoms with Crippen LogP contribution in [0.1, 0.15) is 12.8 Å². The Hall–Kier alpha value is -2.09. The van der Waals surface area contributed by atoms with Crippen LogP contribution >= 0.6 is 11.6 Å². The zero-order valence-corrected chi connectivity index (χ0v) is 16.5. The molecule has 27 heavy (non-hydrogen) atoms. The number of amides is 1. The van der Waals surface area contributed by atoms with Gasteiger partial charge >= 0.3 is 0 Å². The standard InChI is InChI=1S/C19H21ClN2O4S/c1-26-15-8-10-16(11-9-15)27(24,25)22-12-4-5-14(13-22)19(23)21-18-7-3-2-6-17(18)20/h2-3,6-11,14H,4-5,12-13H2,1H3,(H,21,23)/t14-/m1/s1. The second-order valence-corrected chi connectivity index (χ2v) is 8.69. The normalized spacial score (nSPS) is 18.1. The molecular weight excluding hydrogens is 388 g/mol. The maximum atomic E-state index is 12.9. The van der Waals surface area contributed by atoms with Crippen LogP contribution in [-0.4, -0.2) is 38.8 Å². The van der Waals surface area contributed by atoms with Crippen molar-refractivity contribution in [1.29, 1.82) is 0 Å². The number of ether oxygens (including phenoxy) is 1. The largest absolute Gasteiger partial charge is 0.497 e. The molecule has 3 rings (SSSR count). The Labute approximate surface area is 164 Å². The predicted octanol–water partition coefficient (Wildman–Crippen LogP) is 3.39. The van der Waals surface area contributed by atoms with E-state index in [2.05, 4.69) is 5.32 Å². The van der Waals surface area contributed by atoms with Crippen LogP contribution in [0.25, 0.3) is 0 Å². The average molecular weight is 409 g/mol. The molecule has 0 bridgehead atoms. The van der Waals surface area contributed by atoms with Gasteiger partial charge in [0.15, 0.2) is 0 Å². The Morgan fingerprint density at radius 3 is 2.56 bits per heavy atom. The first-order valence-corrected chi connectivity index (χ1v) is 10.4. The van der Waals surface area contributed by atoms with Gasteiger partial charge in [0.1, 0.15) is 5.75 Å². The molecule has 1 heterocycles. The van der Waals surface area contributed by atoms with Crippen molar-refractivity contribution in [3.63, 3.8) is 0 Å². The van der Waals surface area contributed by atoms with Crippen molar-refractivity contribution in [2.24, 2.45) is 5.92 Å². The summed E-state index contributed by atoms with van der Waals surface area (Å²) in [5.74, 6) is -0.0645. The number of hydrogen-bond acceptors (Lipinski definition) is 4. The van der Waals surface area contributed by atoms with Gasteiger partial charge in [0.2, 0.25) is 15.9 Å². The van der Waals surface area contributed by atoms with E-state index in [1.54, 1.807) is 36.4 Å². The molecule has 0 aliphatic carbocycles. The second kappa shape index (κ2) is 8.29. The highest BCUT2D eigenvalue weighted by Gasteiger charge is 2.33. The number of sulfonamides is 1. The molecule has 1 amide bonds. The van der Waals surface area contributed by atoms with E-state index in [1.165, 1.54) is 23.5 Å². The van der Waals surface area contributed by atoms with E-state index < -0.39 is 15.9 Å². The number of piperidine rings is 1. The number of halogens is 1. The van der Waals surface area contributed by atoms with Gasteiger partial charge in [-0.2, -0.15) is 4.31 Å². The van der Waals surface area contributed by atoms with Crippen LogP contribution in [0.2, 0.25) is 5.02 Å². The minimum Gasteiger partial charge on any atom is -0.497 e. The molecule has 144 valence electrons. The summed E-state index contributed by atoms with van der Waals surface area (Å²) in [7, 11) is -2.14. The van der Waals surface area contributed by atoms with E-state index >= 15 is 0 Å². The summed E-state index contributed by atoms with van der Waals surface area (Å²) in [4.78, 5) is 12.8. The van der Waals surface area contributed by atoms with Crippen LogP contribution in [0, 0.1) is 5.92 Å². The number of nitrogens with one attached hydrogen (secondary N) is 1. The van der Waals surface area contributed by atoms with Crippen LogP contribution in [0.15, 0.2) is 53.4 Å². The lowest BCUT2D eigenvalue weighted by atomic mass is 9.99. The molecule has 0 radical (unpaired) electrons. The third-order valence-electron chi connectivity index (χ3n) is 4.58. The topological polar surface area (TPSA) is 75.7 Å². The monoisotopic (exact) mass is 408 g/mol. The predicted molar refractivity (Wildman–Crippen MR) is 105 cm³/mol. The summed E-state index contributed by atoms with van der Waals surface area (Å²) in [5, 5.41) is 3.25. The van der Waals surface area contributed by atoms with Gasteiger partial charge in [0, 0.05) is 13.1 Å². The Morgan fingerprint density at radius 1 is 1.19 bits per heavy atom. The van der Waals surface area contributed by atoms with Crippen molar-refractivity contribution in [3.05, 3.63) is 53.6 Å². The lowest BCUT2D eigenvalue weighted by Crippen LogP contribution is -2.43.